The number of rotatable bonds is 5. The van der Waals surface area contributed by atoms with Crippen LogP contribution in [-0.4, -0.2) is 37.9 Å². The Morgan fingerprint density at radius 2 is 2.20 bits per heavy atom. The maximum atomic E-state index is 13.1. The molecule has 1 saturated carbocycles. The van der Waals surface area contributed by atoms with E-state index in [0.29, 0.717) is 16.8 Å². The molecular formula is C18H17N3O4. The quantitative estimate of drug-likeness (QED) is 0.743. The van der Waals surface area contributed by atoms with E-state index < -0.39 is 5.97 Å². The van der Waals surface area contributed by atoms with E-state index in [2.05, 4.69) is 9.97 Å². The van der Waals surface area contributed by atoms with Crippen molar-refractivity contribution in [1.82, 2.24) is 14.9 Å². The standard InChI is InChI=1S/C18H17N3O4/c1-10(13-4-2-3-7-19-13)21(11-5-6-11)17(22)14-8-15-16(20-14)12(9-25-15)18(23)24/h2-4,7-11,20H,5-6H2,1H3,(H,23,24). The highest BCUT2D eigenvalue weighted by Gasteiger charge is 2.38. The third-order valence-electron chi connectivity index (χ3n) is 4.52. The first-order valence-electron chi connectivity index (χ1n) is 8.13. The van der Waals surface area contributed by atoms with Gasteiger partial charge in [-0.2, -0.15) is 0 Å². The fourth-order valence-corrected chi connectivity index (χ4v) is 3.10. The number of H-pyrrole nitrogens is 1. The van der Waals surface area contributed by atoms with Gasteiger partial charge in [0, 0.05) is 18.3 Å². The van der Waals surface area contributed by atoms with E-state index in [-0.39, 0.29) is 23.6 Å². The molecule has 0 saturated heterocycles. The second kappa shape index (κ2) is 5.77. The maximum absolute atomic E-state index is 13.1. The van der Waals surface area contributed by atoms with Gasteiger partial charge in [-0.1, -0.05) is 6.07 Å². The third kappa shape index (κ3) is 2.67. The van der Waals surface area contributed by atoms with Gasteiger partial charge in [-0.15, -0.1) is 0 Å². The lowest BCUT2D eigenvalue weighted by Gasteiger charge is -2.28. The molecule has 3 heterocycles. The number of pyridine rings is 1. The molecule has 1 atom stereocenters. The van der Waals surface area contributed by atoms with Gasteiger partial charge in [-0.3, -0.25) is 9.78 Å². The average molecular weight is 339 g/mol. The average Bonchev–Trinajstić information content (AvgIpc) is 3.21. The SMILES string of the molecule is CC(c1ccccn1)N(C(=O)c1cc2occ(C(=O)O)c2[nH]1)C1CC1. The van der Waals surface area contributed by atoms with Crippen LogP contribution in [0.25, 0.3) is 11.1 Å². The van der Waals surface area contributed by atoms with Crippen molar-refractivity contribution in [3.8, 4) is 0 Å². The molecule has 2 N–H and O–H groups in total. The lowest BCUT2D eigenvalue weighted by molar-refractivity contribution is 0.0661. The van der Waals surface area contributed by atoms with E-state index in [0.717, 1.165) is 18.5 Å². The van der Waals surface area contributed by atoms with Crippen molar-refractivity contribution < 1.29 is 19.1 Å². The predicted octanol–water partition coefficient (Wildman–Crippen LogP) is 3.22. The van der Waals surface area contributed by atoms with Crippen LogP contribution in [0.15, 0.2) is 41.1 Å². The van der Waals surface area contributed by atoms with Crippen LogP contribution in [0.5, 0.6) is 0 Å². The van der Waals surface area contributed by atoms with Crippen LogP contribution in [-0.2, 0) is 0 Å². The van der Waals surface area contributed by atoms with E-state index in [1.807, 2.05) is 30.0 Å². The van der Waals surface area contributed by atoms with Crippen LogP contribution in [0.4, 0.5) is 0 Å². The van der Waals surface area contributed by atoms with Crippen molar-refractivity contribution in [2.24, 2.45) is 0 Å². The summed E-state index contributed by atoms with van der Waals surface area (Å²) >= 11 is 0. The van der Waals surface area contributed by atoms with Crippen LogP contribution in [0.2, 0.25) is 0 Å². The molecule has 0 bridgehead atoms. The molecular weight excluding hydrogens is 322 g/mol. The molecule has 1 aliphatic rings. The third-order valence-corrected chi connectivity index (χ3v) is 4.52. The van der Waals surface area contributed by atoms with E-state index in [9.17, 15) is 14.7 Å². The Bertz CT molecular complexity index is 940. The summed E-state index contributed by atoms with van der Waals surface area (Å²) in [6.45, 7) is 1.95. The number of hydrogen-bond acceptors (Lipinski definition) is 4. The van der Waals surface area contributed by atoms with Crippen molar-refractivity contribution >= 4 is 23.0 Å². The highest BCUT2D eigenvalue weighted by molar-refractivity contribution is 6.04. The number of hydrogen-bond donors (Lipinski definition) is 2. The summed E-state index contributed by atoms with van der Waals surface area (Å²) in [5, 5.41) is 9.18. The van der Waals surface area contributed by atoms with E-state index in [1.165, 1.54) is 6.26 Å². The van der Waals surface area contributed by atoms with Crippen molar-refractivity contribution in [2.75, 3.05) is 0 Å². The summed E-state index contributed by atoms with van der Waals surface area (Å²) in [5.74, 6) is -1.27. The largest absolute Gasteiger partial charge is 0.477 e. The number of amides is 1. The fourth-order valence-electron chi connectivity index (χ4n) is 3.10. The number of carbonyl (C=O) groups is 2. The van der Waals surface area contributed by atoms with Gasteiger partial charge in [-0.05, 0) is 31.9 Å². The number of carbonyl (C=O) groups excluding carboxylic acids is 1. The zero-order chi connectivity index (χ0) is 17.6. The van der Waals surface area contributed by atoms with Gasteiger partial charge in [0.15, 0.2) is 5.58 Å². The summed E-state index contributed by atoms with van der Waals surface area (Å²) in [6.07, 6.45) is 4.80. The minimum atomic E-state index is -1.10. The smallest absolute Gasteiger partial charge is 0.341 e. The topological polar surface area (TPSA) is 99.4 Å². The van der Waals surface area contributed by atoms with Gasteiger partial charge in [0.05, 0.1) is 17.3 Å². The first kappa shape index (κ1) is 15.4. The number of carboxylic acid groups (broad SMARTS) is 1. The van der Waals surface area contributed by atoms with Gasteiger partial charge in [0.2, 0.25) is 0 Å². The zero-order valence-corrected chi connectivity index (χ0v) is 13.6. The minimum absolute atomic E-state index is 0.0183. The molecule has 3 aromatic rings. The van der Waals surface area contributed by atoms with E-state index in [4.69, 9.17) is 4.42 Å². The molecule has 0 radical (unpaired) electrons. The second-order valence-electron chi connectivity index (χ2n) is 6.25. The molecule has 0 aliphatic heterocycles. The van der Waals surface area contributed by atoms with Crippen LogP contribution in [0.3, 0.4) is 0 Å². The molecule has 25 heavy (non-hydrogen) atoms. The van der Waals surface area contributed by atoms with E-state index >= 15 is 0 Å². The molecule has 3 aromatic heterocycles. The van der Waals surface area contributed by atoms with Crippen molar-refractivity contribution in [1.29, 1.82) is 0 Å². The number of nitrogens with zero attached hydrogens (tertiary/aromatic N) is 2. The van der Waals surface area contributed by atoms with Gasteiger partial charge in [0.1, 0.15) is 17.5 Å². The molecule has 1 unspecified atom stereocenters. The Kier molecular flexibility index (Phi) is 3.56. The zero-order valence-electron chi connectivity index (χ0n) is 13.6. The molecule has 7 nitrogen and oxygen atoms in total. The lowest BCUT2D eigenvalue weighted by atomic mass is 10.1. The van der Waals surface area contributed by atoms with Crippen LogP contribution in [0.1, 0.15) is 52.3 Å². The Balaban J connectivity index is 1.68. The Morgan fingerprint density at radius 1 is 1.40 bits per heavy atom. The lowest BCUT2D eigenvalue weighted by Crippen LogP contribution is -2.36. The maximum Gasteiger partial charge on any atom is 0.341 e. The van der Waals surface area contributed by atoms with Crippen LogP contribution < -0.4 is 0 Å². The normalized spacial score (nSPS) is 15.2. The Morgan fingerprint density at radius 3 is 2.84 bits per heavy atom. The molecule has 128 valence electrons. The summed E-state index contributed by atoms with van der Waals surface area (Å²) in [5.41, 5.74) is 1.86. The fraction of sp³-hybridized carbons (Fsp3) is 0.278. The number of aromatic amines is 1. The van der Waals surface area contributed by atoms with Gasteiger partial charge >= 0.3 is 5.97 Å². The summed E-state index contributed by atoms with van der Waals surface area (Å²) < 4.78 is 5.25. The van der Waals surface area contributed by atoms with Crippen molar-refractivity contribution in [2.45, 2.75) is 31.8 Å². The summed E-state index contributed by atoms with van der Waals surface area (Å²) in [6, 6.07) is 7.20. The number of aromatic carboxylic acids is 1. The number of fused-ring (bicyclic) bond motifs is 1. The summed E-state index contributed by atoms with van der Waals surface area (Å²) in [4.78, 5) is 33.4. The first-order valence-corrected chi connectivity index (χ1v) is 8.13. The Hall–Kier alpha value is -3.09. The number of nitrogens with one attached hydrogen (secondary N) is 1. The predicted molar refractivity (Wildman–Crippen MR) is 89.4 cm³/mol. The highest BCUT2D eigenvalue weighted by Crippen LogP contribution is 2.35. The number of aromatic nitrogens is 2. The van der Waals surface area contributed by atoms with Gasteiger partial charge < -0.3 is 19.4 Å². The van der Waals surface area contributed by atoms with Crippen molar-refractivity contribution in [3.05, 3.63) is 53.7 Å². The number of carboxylic acids is 1. The molecule has 0 spiro atoms. The van der Waals surface area contributed by atoms with Crippen molar-refractivity contribution in [3.63, 3.8) is 0 Å². The monoisotopic (exact) mass is 339 g/mol. The van der Waals surface area contributed by atoms with Crippen LogP contribution in [0, 0.1) is 0 Å². The highest BCUT2D eigenvalue weighted by atomic mass is 16.4. The van der Waals surface area contributed by atoms with Gasteiger partial charge in [-0.25, -0.2) is 4.79 Å². The first-order chi connectivity index (χ1) is 12.1. The molecule has 7 heteroatoms. The second-order valence-corrected chi connectivity index (χ2v) is 6.25. The molecule has 1 aliphatic carbocycles. The molecule has 1 fully saturated rings. The van der Waals surface area contributed by atoms with Crippen LogP contribution >= 0.6 is 0 Å². The number of furan rings is 1. The molecule has 0 aromatic carbocycles. The summed E-state index contributed by atoms with van der Waals surface area (Å²) in [7, 11) is 0. The van der Waals surface area contributed by atoms with Gasteiger partial charge in [0.25, 0.3) is 5.91 Å². The minimum Gasteiger partial charge on any atom is -0.477 e. The van der Waals surface area contributed by atoms with E-state index in [1.54, 1.807) is 12.3 Å². The Labute approximate surface area is 143 Å². The molecule has 4 rings (SSSR count). The molecule has 1 amide bonds.